The van der Waals surface area contributed by atoms with Crippen molar-refractivity contribution in [3.63, 3.8) is 0 Å². The summed E-state index contributed by atoms with van der Waals surface area (Å²) in [5, 5.41) is 3.14. The highest BCUT2D eigenvalue weighted by Crippen LogP contribution is 2.25. The molecule has 0 bridgehead atoms. The van der Waals surface area contributed by atoms with Gasteiger partial charge in [0.25, 0.3) is 0 Å². The summed E-state index contributed by atoms with van der Waals surface area (Å²) in [6, 6.07) is 0.0946. The van der Waals surface area contributed by atoms with Crippen LogP contribution in [0.25, 0.3) is 0 Å². The Morgan fingerprint density at radius 1 is 1.38 bits per heavy atom. The highest BCUT2D eigenvalue weighted by Gasteiger charge is 2.34. The molecule has 1 aromatic rings. The second-order valence-corrected chi connectivity index (χ2v) is 6.61. The lowest BCUT2D eigenvalue weighted by Crippen LogP contribution is -2.45. The molecule has 2 aliphatic rings. The van der Waals surface area contributed by atoms with Crippen LogP contribution in [0, 0.1) is 5.92 Å². The smallest absolute Gasteiger partial charge is 0.239 e. The van der Waals surface area contributed by atoms with Crippen LogP contribution in [0.15, 0.2) is 18.6 Å². The monoisotopic (exact) mass is 331 g/mol. The number of carbonyl (C=O) groups is 2. The normalized spacial score (nSPS) is 23.8. The number of amides is 2. The Balaban J connectivity index is 1.60. The fraction of sp³-hybridized carbons (Fsp3) is 0.647. The number of nitrogens with zero attached hydrogens (tertiary/aromatic N) is 4. The van der Waals surface area contributed by atoms with Gasteiger partial charge in [0.15, 0.2) is 0 Å². The molecule has 24 heavy (non-hydrogen) atoms. The molecule has 2 atom stereocenters. The van der Waals surface area contributed by atoms with Gasteiger partial charge in [-0.15, -0.1) is 0 Å². The Labute approximate surface area is 142 Å². The van der Waals surface area contributed by atoms with Crippen LogP contribution >= 0.6 is 0 Å². The van der Waals surface area contributed by atoms with Gasteiger partial charge in [-0.05, 0) is 18.8 Å². The van der Waals surface area contributed by atoms with Gasteiger partial charge in [0, 0.05) is 38.4 Å². The van der Waals surface area contributed by atoms with Crippen molar-refractivity contribution in [2.24, 2.45) is 5.92 Å². The molecule has 3 heterocycles. The highest BCUT2D eigenvalue weighted by molar-refractivity contribution is 5.86. The zero-order valence-electron chi connectivity index (χ0n) is 14.1. The third kappa shape index (κ3) is 3.83. The largest absolute Gasteiger partial charge is 0.353 e. The Morgan fingerprint density at radius 3 is 2.92 bits per heavy atom. The summed E-state index contributed by atoms with van der Waals surface area (Å²) >= 11 is 0. The SMILES string of the molecule is CCCC1CN(c2cnccn2)CC1NC(=O)CN1CCCC1=O. The van der Waals surface area contributed by atoms with Gasteiger partial charge < -0.3 is 15.1 Å². The highest BCUT2D eigenvalue weighted by atomic mass is 16.2. The molecule has 7 heteroatoms. The van der Waals surface area contributed by atoms with Gasteiger partial charge in [0.2, 0.25) is 11.8 Å². The van der Waals surface area contributed by atoms with Gasteiger partial charge in [-0.2, -0.15) is 0 Å². The van der Waals surface area contributed by atoms with Crippen molar-refractivity contribution >= 4 is 17.6 Å². The molecule has 0 aromatic carbocycles. The van der Waals surface area contributed by atoms with Crippen molar-refractivity contribution in [2.75, 3.05) is 31.1 Å². The Hall–Kier alpha value is -2.18. The van der Waals surface area contributed by atoms with Crippen LogP contribution in [0.4, 0.5) is 5.82 Å². The van der Waals surface area contributed by atoms with Crippen molar-refractivity contribution in [1.29, 1.82) is 0 Å². The second kappa shape index (κ2) is 7.59. The van der Waals surface area contributed by atoms with E-state index < -0.39 is 0 Å². The lowest BCUT2D eigenvalue weighted by Gasteiger charge is -2.21. The van der Waals surface area contributed by atoms with E-state index in [4.69, 9.17) is 0 Å². The third-order valence-electron chi connectivity index (χ3n) is 4.83. The van der Waals surface area contributed by atoms with Crippen LogP contribution in [0.2, 0.25) is 0 Å². The maximum absolute atomic E-state index is 12.3. The molecule has 1 aromatic heterocycles. The fourth-order valence-electron chi connectivity index (χ4n) is 3.64. The Morgan fingerprint density at radius 2 is 2.25 bits per heavy atom. The van der Waals surface area contributed by atoms with Crippen LogP contribution in [0.5, 0.6) is 0 Å². The third-order valence-corrected chi connectivity index (χ3v) is 4.83. The number of rotatable bonds is 6. The van der Waals surface area contributed by atoms with Crippen molar-refractivity contribution in [3.05, 3.63) is 18.6 Å². The molecule has 2 fully saturated rings. The van der Waals surface area contributed by atoms with Gasteiger partial charge in [-0.1, -0.05) is 13.3 Å². The first-order chi connectivity index (χ1) is 11.7. The summed E-state index contributed by atoms with van der Waals surface area (Å²) in [5.74, 6) is 1.28. The summed E-state index contributed by atoms with van der Waals surface area (Å²) in [5.41, 5.74) is 0. The van der Waals surface area contributed by atoms with Crippen LogP contribution < -0.4 is 10.2 Å². The van der Waals surface area contributed by atoms with Crippen LogP contribution in [-0.4, -0.2) is 58.9 Å². The van der Waals surface area contributed by atoms with Gasteiger partial charge in [-0.3, -0.25) is 14.6 Å². The summed E-state index contributed by atoms with van der Waals surface area (Å²) in [4.78, 5) is 36.3. The number of hydrogen-bond acceptors (Lipinski definition) is 5. The van der Waals surface area contributed by atoms with E-state index in [2.05, 4.69) is 27.1 Å². The number of likely N-dealkylation sites (tertiary alicyclic amines) is 1. The molecular weight excluding hydrogens is 306 g/mol. The maximum atomic E-state index is 12.3. The molecule has 2 unspecified atom stereocenters. The number of nitrogens with one attached hydrogen (secondary N) is 1. The first-order valence-corrected chi connectivity index (χ1v) is 8.75. The van der Waals surface area contributed by atoms with E-state index in [0.29, 0.717) is 18.9 Å². The van der Waals surface area contributed by atoms with Crippen LogP contribution in [-0.2, 0) is 9.59 Å². The Bertz CT molecular complexity index is 580. The molecule has 130 valence electrons. The fourth-order valence-corrected chi connectivity index (χ4v) is 3.64. The summed E-state index contributed by atoms with van der Waals surface area (Å²) in [6.45, 7) is 4.65. The van der Waals surface area contributed by atoms with Crippen molar-refractivity contribution in [2.45, 2.75) is 38.6 Å². The van der Waals surface area contributed by atoms with Crippen molar-refractivity contribution < 1.29 is 9.59 Å². The van der Waals surface area contributed by atoms with Crippen LogP contribution in [0.1, 0.15) is 32.6 Å². The summed E-state index contributed by atoms with van der Waals surface area (Å²) < 4.78 is 0. The summed E-state index contributed by atoms with van der Waals surface area (Å²) in [7, 11) is 0. The molecule has 1 N–H and O–H groups in total. The Kier molecular flexibility index (Phi) is 5.27. The zero-order chi connectivity index (χ0) is 16.9. The van der Waals surface area contributed by atoms with Gasteiger partial charge >= 0.3 is 0 Å². The van der Waals surface area contributed by atoms with Gasteiger partial charge in [0.1, 0.15) is 5.82 Å². The molecular formula is C17H25N5O2. The van der Waals surface area contributed by atoms with E-state index in [-0.39, 0.29) is 24.4 Å². The predicted octanol–water partition coefficient (Wildman–Crippen LogP) is 0.820. The van der Waals surface area contributed by atoms with E-state index >= 15 is 0 Å². The average Bonchev–Trinajstić information content (AvgIpc) is 3.16. The minimum absolute atomic E-state index is 0.0580. The summed E-state index contributed by atoms with van der Waals surface area (Å²) in [6.07, 6.45) is 8.67. The standard InChI is InChI=1S/C17H25N5O2/c1-2-4-13-10-22(15-9-18-6-7-19-15)11-14(13)20-16(23)12-21-8-3-5-17(21)24/h6-7,9,13-14H,2-5,8,10-12H2,1H3,(H,20,23). The van der Waals surface area contributed by atoms with Crippen molar-refractivity contribution in [3.8, 4) is 0 Å². The van der Waals surface area contributed by atoms with Gasteiger partial charge in [0.05, 0.1) is 18.8 Å². The predicted molar refractivity (Wildman–Crippen MR) is 90.4 cm³/mol. The maximum Gasteiger partial charge on any atom is 0.239 e. The topological polar surface area (TPSA) is 78.4 Å². The van der Waals surface area contributed by atoms with E-state index in [1.807, 2.05) is 0 Å². The average molecular weight is 331 g/mol. The van der Waals surface area contributed by atoms with E-state index in [1.165, 1.54) is 0 Å². The first kappa shape index (κ1) is 16.7. The second-order valence-electron chi connectivity index (χ2n) is 6.61. The molecule has 7 nitrogen and oxygen atoms in total. The molecule has 3 rings (SSSR count). The first-order valence-electron chi connectivity index (χ1n) is 8.75. The van der Waals surface area contributed by atoms with E-state index in [0.717, 1.165) is 38.2 Å². The minimum Gasteiger partial charge on any atom is -0.353 e. The quantitative estimate of drug-likeness (QED) is 0.835. The lowest BCUT2D eigenvalue weighted by atomic mass is 9.98. The molecule has 0 aliphatic carbocycles. The number of aromatic nitrogens is 2. The molecule has 2 saturated heterocycles. The molecule has 0 radical (unpaired) electrons. The number of hydrogen-bond donors (Lipinski definition) is 1. The number of carbonyl (C=O) groups excluding carboxylic acids is 2. The molecule has 2 aliphatic heterocycles. The van der Waals surface area contributed by atoms with Gasteiger partial charge in [-0.25, -0.2) is 4.98 Å². The molecule has 0 saturated carbocycles. The van der Waals surface area contributed by atoms with E-state index in [1.54, 1.807) is 23.5 Å². The zero-order valence-corrected chi connectivity index (χ0v) is 14.1. The van der Waals surface area contributed by atoms with E-state index in [9.17, 15) is 9.59 Å². The number of anilines is 1. The molecule has 0 spiro atoms. The lowest BCUT2D eigenvalue weighted by molar-refractivity contribution is -0.133. The molecule has 2 amide bonds. The van der Waals surface area contributed by atoms with Crippen LogP contribution in [0.3, 0.4) is 0 Å². The minimum atomic E-state index is -0.0580. The van der Waals surface area contributed by atoms with Crippen molar-refractivity contribution in [1.82, 2.24) is 20.2 Å².